The molecule has 2 aromatic rings. The van der Waals surface area contributed by atoms with Gasteiger partial charge in [0.2, 0.25) is 0 Å². The zero-order valence-corrected chi connectivity index (χ0v) is 11.7. The van der Waals surface area contributed by atoms with Gasteiger partial charge in [-0.15, -0.1) is 0 Å². The Kier molecular flexibility index (Phi) is 3.87. The molecule has 0 bridgehead atoms. The van der Waals surface area contributed by atoms with Crippen molar-refractivity contribution >= 4 is 5.82 Å². The van der Waals surface area contributed by atoms with E-state index in [1.54, 1.807) is 6.20 Å². The van der Waals surface area contributed by atoms with Gasteiger partial charge in [0.15, 0.2) is 0 Å². The van der Waals surface area contributed by atoms with Crippen LogP contribution in [0.15, 0.2) is 36.9 Å². The summed E-state index contributed by atoms with van der Waals surface area (Å²) in [7, 11) is 1.87. The number of rotatable bonds is 4. The maximum absolute atomic E-state index is 4.63. The number of aromatic nitrogens is 3. The van der Waals surface area contributed by atoms with Gasteiger partial charge in [-0.05, 0) is 31.0 Å². The topological polar surface area (TPSA) is 53.9 Å². The molecule has 5 nitrogen and oxygen atoms in total. The summed E-state index contributed by atoms with van der Waals surface area (Å²) in [5, 5.41) is 3.05. The van der Waals surface area contributed by atoms with E-state index in [-0.39, 0.29) is 0 Å². The first-order chi connectivity index (χ1) is 9.86. The standard InChI is InChI=1S/C15H19N5/c1-16-15-10-18-9-13(19-15)14-5-3-7-20(14)11-12-4-2-6-17-8-12/h2,4,6,8-10,14H,3,5,7,11H2,1H3,(H,16,19)/t14-/m1/s1. The van der Waals surface area contributed by atoms with Crippen molar-refractivity contribution in [3.05, 3.63) is 48.2 Å². The van der Waals surface area contributed by atoms with E-state index in [1.807, 2.05) is 31.7 Å². The van der Waals surface area contributed by atoms with Crippen molar-refractivity contribution in [3.8, 4) is 0 Å². The van der Waals surface area contributed by atoms with Crippen LogP contribution in [0.25, 0.3) is 0 Å². The minimum Gasteiger partial charge on any atom is -0.372 e. The van der Waals surface area contributed by atoms with E-state index < -0.39 is 0 Å². The summed E-state index contributed by atoms with van der Waals surface area (Å²) >= 11 is 0. The third kappa shape index (κ3) is 2.77. The molecule has 1 saturated heterocycles. The number of likely N-dealkylation sites (tertiary alicyclic amines) is 1. The fourth-order valence-electron chi connectivity index (χ4n) is 2.74. The summed E-state index contributed by atoms with van der Waals surface area (Å²) < 4.78 is 0. The maximum atomic E-state index is 4.63. The zero-order valence-electron chi connectivity index (χ0n) is 11.7. The van der Waals surface area contributed by atoms with Crippen LogP contribution in [0.2, 0.25) is 0 Å². The second-order valence-corrected chi connectivity index (χ2v) is 5.07. The van der Waals surface area contributed by atoms with Crippen molar-refractivity contribution in [1.82, 2.24) is 19.9 Å². The summed E-state index contributed by atoms with van der Waals surface area (Å²) in [5.41, 5.74) is 2.30. The van der Waals surface area contributed by atoms with Gasteiger partial charge in [-0.3, -0.25) is 14.9 Å². The molecule has 20 heavy (non-hydrogen) atoms. The molecule has 1 atom stereocenters. The Morgan fingerprint density at radius 1 is 1.30 bits per heavy atom. The van der Waals surface area contributed by atoms with Crippen molar-refractivity contribution in [2.75, 3.05) is 18.9 Å². The van der Waals surface area contributed by atoms with Gasteiger partial charge < -0.3 is 5.32 Å². The Balaban J connectivity index is 1.78. The summed E-state index contributed by atoms with van der Waals surface area (Å²) in [6, 6.07) is 4.47. The van der Waals surface area contributed by atoms with Crippen LogP contribution in [0.3, 0.4) is 0 Å². The predicted molar refractivity (Wildman–Crippen MR) is 78.2 cm³/mol. The minimum atomic E-state index is 0.357. The van der Waals surface area contributed by atoms with Gasteiger partial charge >= 0.3 is 0 Å². The van der Waals surface area contributed by atoms with Gasteiger partial charge in [0, 0.05) is 26.0 Å². The van der Waals surface area contributed by atoms with Gasteiger partial charge in [0.05, 0.1) is 24.1 Å². The van der Waals surface area contributed by atoms with Crippen molar-refractivity contribution in [2.24, 2.45) is 0 Å². The highest BCUT2D eigenvalue weighted by atomic mass is 15.2. The van der Waals surface area contributed by atoms with E-state index in [4.69, 9.17) is 0 Å². The van der Waals surface area contributed by atoms with Gasteiger partial charge in [-0.2, -0.15) is 0 Å². The monoisotopic (exact) mass is 269 g/mol. The van der Waals surface area contributed by atoms with Crippen LogP contribution >= 0.6 is 0 Å². The lowest BCUT2D eigenvalue weighted by Gasteiger charge is -2.23. The van der Waals surface area contributed by atoms with E-state index in [9.17, 15) is 0 Å². The summed E-state index contributed by atoms with van der Waals surface area (Å²) in [5.74, 6) is 0.829. The Hall–Kier alpha value is -2.01. The van der Waals surface area contributed by atoms with Gasteiger partial charge in [0.1, 0.15) is 5.82 Å². The van der Waals surface area contributed by atoms with Crippen LogP contribution in [0.4, 0.5) is 5.82 Å². The Bertz CT molecular complexity index is 557. The molecule has 5 heteroatoms. The van der Waals surface area contributed by atoms with Gasteiger partial charge in [-0.25, -0.2) is 4.98 Å². The van der Waals surface area contributed by atoms with Crippen molar-refractivity contribution in [3.63, 3.8) is 0 Å². The molecule has 0 amide bonds. The van der Waals surface area contributed by atoms with Crippen molar-refractivity contribution in [1.29, 1.82) is 0 Å². The van der Waals surface area contributed by atoms with Crippen LogP contribution in [-0.4, -0.2) is 33.4 Å². The molecule has 0 aliphatic carbocycles. The fourth-order valence-corrected chi connectivity index (χ4v) is 2.74. The number of hydrogen-bond acceptors (Lipinski definition) is 5. The molecule has 3 heterocycles. The van der Waals surface area contributed by atoms with Crippen molar-refractivity contribution < 1.29 is 0 Å². The molecule has 2 aromatic heterocycles. The van der Waals surface area contributed by atoms with Crippen LogP contribution in [-0.2, 0) is 6.54 Å². The highest BCUT2D eigenvalue weighted by molar-refractivity contribution is 5.31. The quantitative estimate of drug-likeness (QED) is 0.922. The lowest BCUT2D eigenvalue weighted by atomic mass is 10.1. The summed E-state index contributed by atoms with van der Waals surface area (Å²) in [6.07, 6.45) is 9.73. The molecule has 3 rings (SSSR count). The number of nitrogens with one attached hydrogen (secondary N) is 1. The average Bonchev–Trinajstić information content (AvgIpc) is 2.96. The lowest BCUT2D eigenvalue weighted by Crippen LogP contribution is -2.23. The Morgan fingerprint density at radius 2 is 2.25 bits per heavy atom. The van der Waals surface area contributed by atoms with E-state index in [0.717, 1.165) is 31.0 Å². The van der Waals surface area contributed by atoms with Crippen LogP contribution in [0.1, 0.15) is 30.1 Å². The van der Waals surface area contributed by atoms with Crippen molar-refractivity contribution in [2.45, 2.75) is 25.4 Å². The maximum Gasteiger partial charge on any atom is 0.144 e. The SMILES string of the molecule is CNc1cncc([C@H]2CCCN2Cc2cccnc2)n1. The fraction of sp³-hybridized carbons (Fsp3) is 0.400. The second kappa shape index (κ2) is 5.96. The first-order valence-corrected chi connectivity index (χ1v) is 6.99. The largest absolute Gasteiger partial charge is 0.372 e. The zero-order chi connectivity index (χ0) is 13.8. The Labute approximate surface area is 119 Å². The molecule has 1 aliphatic rings. The van der Waals surface area contributed by atoms with E-state index in [1.165, 1.54) is 12.0 Å². The highest BCUT2D eigenvalue weighted by Crippen LogP contribution is 2.32. The van der Waals surface area contributed by atoms with Crippen LogP contribution in [0.5, 0.6) is 0 Å². The van der Waals surface area contributed by atoms with E-state index in [0.29, 0.717) is 6.04 Å². The lowest BCUT2D eigenvalue weighted by molar-refractivity contribution is 0.244. The molecule has 0 radical (unpaired) electrons. The molecule has 1 aliphatic heterocycles. The summed E-state index contributed by atoms with van der Waals surface area (Å²) in [6.45, 7) is 2.02. The van der Waals surface area contributed by atoms with Crippen LogP contribution < -0.4 is 5.32 Å². The number of nitrogens with zero attached hydrogens (tertiary/aromatic N) is 4. The summed E-state index contributed by atoms with van der Waals surface area (Å²) in [4.78, 5) is 15.6. The molecule has 1 fully saturated rings. The number of anilines is 1. The average molecular weight is 269 g/mol. The molecule has 1 N–H and O–H groups in total. The third-order valence-corrected chi connectivity index (χ3v) is 3.72. The first-order valence-electron chi connectivity index (χ1n) is 6.99. The molecule has 104 valence electrons. The number of hydrogen-bond donors (Lipinski definition) is 1. The smallest absolute Gasteiger partial charge is 0.144 e. The molecule has 0 saturated carbocycles. The minimum absolute atomic E-state index is 0.357. The second-order valence-electron chi connectivity index (χ2n) is 5.07. The molecule has 0 spiro atoms. The number of pyridine rings is 1. The van der Waals surface area contributed by atoms with Crippen LogP contribution in [0, 0.1) is 0 Å². The highest BCUT2D eigenvalue weighted by Gasteiger charge is 2.27. The van der Waals surface area contributed by atoms with E-state index >= 15 is 0 Å². The molecular weight excluding hydrogens is 250 g/mol. The molecule has 0 unspecified atom stereocenters. The Morgan fingerprint density at radius 3 is 3.05 bits per heavy atom. The van der Waals surface area contributed by atoms with Gasteiger partial charge in [-0.1, -0.05) is 6.07 Å². The normalized spacial score (nSPS) is 19.1. The third-order valence-electron chi connectivity index (χ3n) is 3.72. The first kappa shape index (κ1) is 13.0. The molecule has 0 aromatic carbocycles. The predicted octanol–water partition coefficient (Wildman–Crippen LogP) is 2.25. The molecular formula is C15H19N5. The van der Waals surface area contributed by atoms with Gasteiger partial charge in [0.25, 0.3) is 0 Å². The van der Waals surface area contributed by atoms with E-state index in [2.05, 4.69) is 31.2 Å².